The van der Waals surface area contributed by atoms with Gasteiger partial charge in [-0.2, -0.15) is 5.26 Å². The molecule has 0 aliphatic rings. The molecule has 1 N–H and O–H groups in total. The summed E-state index contributed by atoms with van der Waals surface area (Å²) in [5.74, 6) is -0.899. The molecule has 0 fully saturated rings. The second-order valence-electron chi connectivity index (χ2n) is 4.04. The van der Waals surface area contributed by atoms with Gasteiger partial charge in [0.1, 0.15) is 16.3 Å². The zero-order valence-corrected chi connectivity index (χ0v) is 10.8. The number of nitriles is 1. The van der Waals surface area contributed by atoms with Crippen LogP contribution in [0.4, 0.5) is 0 Å². The van der Waals surface area contributed by atoms with Crippen molar-refractivity contribution in [2.45, 2.75) is 31.0 Å². The van der Waals surface area contributed by atoms with Gasteiger partial charge < -0.3 is 5.11 Å². The van der Waals surface area contributed by atoms with E-state index in [2.05, 4.69) is 11.1 Å². The van der Waals surface area contributed by atoms with E-state index in [1.807, 2.05) is 20.8 Å². The van der Waals surface area contributed by atoms with E-state index in [-0.39, 0.29) is 5.92 Å². The molecule has 1 unspecified atom stereocenters. The number of carboxylic acids is 1. The zero-order chi connectivity index (χ0) is 13.0. The number of thioether (sulfide) groups is 1. The maximum atomic E-state index is 11.1. The Morgan fingerprint density at radius 2 is 2.24 bits per heavy atom. The van der Waals surface area contributed by atoms with Crippen molar-refractivity contribution < 1.29 is 9.90 Å². The van der Waals surface area contributed by atoms with Gasteiger partial charge in [0.05, 0.1) is 5.56 Å². The van der Waals surface area contributed by atoms with Gasteiger partial charge in [0.15, 0.2) is 0 Å². The highest BCUT2D eigenvalue weighted by atomic mass is 32.2. The summed E-state index contributed by atoms with van der Waals surface area (Å²) in [4.78, 5) is 15.2. The molecule has 17 heavy (non-hydrogen) atoms. The molecule has 4 nitrogen and oxygen atoms in total. The number of rotatable bonds is 4. The minimum atomic E-state index is -0.878. The molecule has 1 aromatic rings. The van der Waals surface area contributed by atoms with Crippen molar-refractivity contribution in [1.29, 1.82) is 5.26 Å². The molecule has 5 heteroatoms. The number of aryl methyl sites for hydroxylation is 1. The summed E-state index contributed by atoms with van der Waals surface area (Å²) in [6, 6.07) is 3.81. The summed E-state index contributed by atoms with van der Waals surface area (Å²) in [7, 11) is 0. The first-order valence-corrected chi connectivity index (χ1v) is 6.10. The van der Waals surface area contributed by atoms with Crippen molar-refractivity contribution >= 4 is 17.7 Å². The third-order valence-electron chi connectivity index (χ3n) is 2.32. The summed E-state index contributed by atoms with van der Waals surface area (Å²) in [6.07, 6.45) is 1.59. The van der Waals surface area contributed by atoms with Crippen LogP contribution in [0.3, 0.4) is 0 Å². The standard InChI is InChI=1S/C12H14N2O2S/c1-7(2)10(12(15)16)17-11-9(6-13)8(3)4-5-14-11/h4-5,7,10H,1-3H3,(H,15,16). The lowest BCUT2D eigenvalue weighted by Gasteiger charge is -2.15. The highest BCUT2D eigenvalue weighted by Gasteiger charge is 2.24. The second kappa shape index (κ2) is 5.69. The van der Waals surface area contributed by atoms with E-state index < -0.39 is 11.2 Å². The van der Waals surface area contributed by atoms with E-state index in [0.29, 0.717) is 10.6 Å². The van der Waals surface area contributed by atoms with Crippen LogP contribution in [0.1, 0.15) is 25.0 Å². The molecule has 0 spiro atoms. The van der Waals surface area contributed by atoms with E-state index in [4.69, 9.17) is 10.4 Å². The van der Waals surface area contributed by atoms with Gasteiger partial charge in [-0.05, 0) is 24.5 Å². The molecule has 1 aromatic heterocycles. The van der Waals surface area contributed by atoms with Crippen LogP contribution in [-0.2, 0) is 4.79 Å². The van der Waals surface area contributed by atoms with Crippen molar-refractivity contribution in [3.05, 3.63) is 23.4 Å². The molecular formula is C12H14N2O2S. The minimum Gasteiger partial charge on any atom is -0.480 e. The van der Waals surface area contributed by atoms with Crippen molar-refractivity contribution in [2.24, 2.45) is 5.92 Å². The third-order valence-corrected chi connectivity index (χ3v) is 3.86. The molecule has 0 amide bonds. The van der Waals surface area contributed by atoms with Crippen LogP contribution in [0.2, 0.25) is 0 Å². The molecule has 0 saturated carbocycles. The SMILES string of the molecule is Cc1ccnc(SC(C(=O)O)C(C)C)c1C#N. The summed E-state index contributed by atoms with van der Waals surface area (Å²) in [5.41, 5.74) is 1.28. The van der Waals surface area contributed by atoms with E-state index in [9.17, 15) is 4.79 Å². The van der Waals surface area contributed by atoms with Crippen molar-refractivity contribution in [3.63, 3.8) is 0 Å². The first kappa shape index (κ1) is 13.5. The molecule has 0 aliphatic heterocycles. The highest BCUT2D eigenvalue weighted by Crippen LogP contribution is 2.30. The van der Waals surface area contributed by atoms with Gasteiger partial charge in [0.25, 0.3) is 0 Å². The Kier molecular flexibility index (Phi) is 4.53. The normalized spacial score (nSPS) is 12.2. The summed E-state index contributed by atoms with van der Waals surface area (Å²) < 4.78 is 0. The first-order chi connectivity index (χ1) is 7.97. The smallest absolute Gasteiger partial charge is 0.317 e. The summed E-state index contributed by atoms with van der Waals surface area (Å²) in [6.45, 7) is 5.50. The number of nitrogens with zero attached hydrogens (tertiary/aromatic N) is 2. The average Bonchev–Trinajstić information content (AvgIpc) is 2.25. The Labute approximate surface area is 105 Å². The van der Waals surface area contributed by atoms with Crippen LogP contribution in [0, 0.1) is 24.2 Å². The lowest BCUT2D eigenvalue weighted by atomic mass is 10.1. The lowest BCUT2D eigenvalue weighted by Crippen LogP contribution is -2.22. The number of aliphatic carboxylic acids is 1. The maximum absolute atomic E-state index is 11.1. The monoisotopic (exact) mass is 250 g/mol. The average molecular weight is 250 g/mol. The van der Waals surface area contributed by atoms with Crippen LogP contribution < -0.4 is 0 Å². The van der Waals surface area contributed by atoms with Gasteiger partial charge in [-0.1, -0.05) is 25.6 Å². The van der Waals surface area contributed by atoms with Crippen LogP contribution in [-0.4, -0.2) is 21.3 Å². The number of hydrogen-bond donors (Lipinski definition) is 1. The predicted octanol–water partition coefficient (Wildman–Crippen LogP) is 2.46. The van der Waals surface area contributed by atoms with Crippen LogP contribution in [0.15, 0.2) is 17.3 Å². The molecular weight excluding hydrogens is 236 g/mol. The maximum Gasteiger partial charge on any atom is 0.317 e. The molecule has 1 heterocycles. The second-order valence-corrected chi connectivity index (χ2v) is 5.17. The van der Waals surface area contributed by atoms with Crippen LogP contribution >= 0.6 is 11.8 Å². The molecule has 0 radical (unpaired) electrons. The Morgan fingerprint density at radius 1 is 1.59 bits per heavy atom. The van der Waals surface area contributed by atoms with E-state index in [1.54, 1.807) is 12.3 Å². The van der Waals surface area contributed by atoms with Gasteiger partial charge in [-0.15, -0.1) is 0 Å². The fraction of sp³-hybridized carbons (Fsp3) is 0.417. The molecule has 0 aliphatic carbocycles. The highest BCUT2D eigenvalue weighted by molar-refractivity contribution is 8.00. The van der Waals surface area contributed by atoms with Crippen LogP contribution in [0.25, 0.3) is 0 Å². The van der Waals surface area contributed by atoms with E-state index >= 15 is 0 Å². The Bertz CT molecular complexity index is 466. The molecule has 1 rings (SSSR count). The van der Waals surface area contributed by atoms with Crippen LogP contribution in [0.5, 0.6) is 0 Å². The fourth-order valence-corrected chi connectivity index (χ4v) is 2.41. The van der Waals surface area contributed by atoms with Gasteiger partial charge >= 0.3 is 5.97 Å². The third kappa shape index (κ3) is 3.21. The van der Waals surface area contributed by atoms with Crippen molar-refractivity contribution in [2.75, 3.05) is 0 Å². The van der Waals surface area contributed by atoms with E-state index in [1.165, 1.54) is 0 Å². The van der Waals surface area contributed by atoms with E-state index in [0.717, 1.165) is 17.3 Å². The number of hydrogen-bond acceptors (Lipinski definition) is 4. The summed E-state index contributed by atoms with van der Waals surface area (Å²) in [5, 5.41) is 18.1. The number of carboxylic acid groups (broad SMARTS) is 1. The van der Waals surface area contributed by atoms with Crippen molar-refractivity contribution in [1.82, 2.24) is 4.98 Å². The predicted molar refractivity (Wildman–Crippen MR) is 65.8 cm³/mol. The molecule has 1 atom stereocenters. The quantitative estimate of drug-likeness (QED) is 0.831. The van der Waals surface area contributed by atoms with Gasteiger partial charge in [-0.3, -0.25) is 4.79 Å². The number of carbonyl (C=O) groups is 1. The summed E-state index contributed by atoms with van der Waals surface area (Å²) >= 11 is 1.14. The van der Waals surface area contributed by atoms with Gasteiger partial charge in [0, 0.05) is 6.20 Å². The molecule has 0 saturated heterocycles. The van der Waals surface area contributed by atoms with Gasteiger partial charge in [0.2, 0.25) is 0 Å². The Morgan fingerprint density at radius 3 is 2.71 bits per heavy atom. The Balaban J connectivity index is 3.06. The fourth-order valence-electron chi connectivity index (χ4n) is 1.35. The molecule has 0 bridgehead atoms. The lowest BCUT2D eigenvalue weighted by molar-refractivity contribution is -0.137. The van der Waals surface area contributed by atoms with Crippen molar-refractivity contribution in [3.8, 4) is 6.07 Å². The number of pyridine rings is 1. The zero-order valence-electron chi connectivity index (χ0n) is 9.97. The molecule has 90 valence electrons. The largest absolute Gasteiger partial charge is 0.480 e. The first-order valence-electron chi connectivity index (χ1n) is 5.22. The molecule has 0 aromatic carbocycles. The minimum absolute atomic E-state index is 0.0219. The Hall–Kier alpha value is -1.54. The number of aromatic nitrogens is 1. The topological polar surface area (TPSA) is 74.0 Å². The van der Waals surface area contributed by atoms with Gasteiger partial charge in [-0.25, -0.2) is 4.98 Å².